The van der Waals surface area contributed by atoms with Crippen molar-refractivity contribution in [3.8, 4) is 0 Å². The average Bonchev–Trinajstić information content (AvgIpc) is 1.98. The van der Waals surface area contributed by atoms with E-state index in [1.54, 1.807) is 6.92 Å². The summed E-state index contributed by atoms with van der Waals surface area (Å²) >= 11 is 0. The van der Waals surface area contributed by atoms with E-state index in [1.165, 1.54) is 0 Å². The van der Waals surface area contributed by atoms with Gasteiger partial charge in [-0.15, -0.1) is 0 Å². The van der Waals surface area contributed by atoms with E-state index >= 15 is 0 Å². The van der Waals surface area contributed by atoms with E-state index in [1.807, 2.05) is 0 Å². The predicted octanol–water partition coefficient (Wildman–Crippen LogP) is -1.29. The standard InChI is InChI=1S/C7H13NO5S/c1-3-13-7(10)4-8-6(9)5-14(2,11)12/h3-5H2,1-2H3,(H,8,9). The highest BCUT2D eigenvalue weighted by Crippen LogP contribution is 1.82. The molecular formula is C7H13NO5S. The maximum Gasteiger partial charge on any atom is 0.325 e. The van der Waals surface area contributed by atoms with E-state index in [4.69, 9.17) is 0 Å². The topological polar surface area (TPSA) is 89.5 Å². The van der Waals surface area contributed by atoms with Crippen molar-refractivity contribution < 1.29 is 22.7 Å². The van der Waals surface area contributed by atoms with Crippen molar-refractivity contribution in [2.24, 2.45) is 0 Å². The lowest BCUT2D eigenvalue weighted by molar-refractivity contribution is -0.143. The largest absolute Gasteiger partial charge is 0.465 e. The lowest BCUT2D eigenvalue weighted by Crippen LogP contribution is -2.34. The van der Waals surface area contributed by atoms with Crippen LogP contribution in [0.2, 0.25) is 0 Å². The molecule has 0 unspecified atom stereocenters. The second-order valence-corrected chi connectivity index (χ2v) is 4.79. The van der Waals surface area contributed by atoms with E-state index in [9.17, 15) is 18.0 Å². The molecule has 0 radical (unpaired) electrons. The van der Waals surface area contributed by atoms with Crippen LogP contribution < -0.4 is 5.32 Å². The van der Waals surface area contributed by atoms with E-state index in [0.717, 1.165) is 6.26 Å². The number of rotatable bonds is 5. The van der Waals surface area contributed by atoms with Crippen LogP contribution in [0.1, 0.15) is 6.92 Å². The minimum atomic E-state index is -3.35. The molecule has 0 heterocycles. The van der Waals surface area contributed by atoms with Crippen molar-refractivity contribution in [2.75, 3.05) is 25.2 Å². The third-order valence-corrected chi connectivity index (χ3v) is 1.92. The number of hydrogen-bond donors (Lipinski definition) is 1. The molecule has 6 nitrogen and oxygen atoms in total. The van der Waals surface area contributed by atoms with Crippen molar-refractivity contribution >= 4 is 21.7 Å². The molecule has 0 aliphatic carbocycles. The molecule has 0 aliphatic heterocycles. The van der Waals surface area contributed by atoms with Gasteiger partial charge < -0.3 is 10.1 Å². The van der Waals surface area contributed by atoms with Crippen LogP contribution in [-0.2, 0) is 24.2 Å². The number of carbonyl (C=O) groups is 2. The Labute approximate surface area is 82.5 Å². The molecule has 0 fully saturated rings. The van der Waals surface area contributed by atoms with Crippen LogP contribution in [0, 0.1) is 0 Å². The monoisotopic (exact) mass is 223 g/mol. The SMILES string of the molecule is CCOC(=O)CNC(=O)CS(C)(=O)=O. The average molecular weight is 223 g/mol. The number of hydrogen-bond acceptors (Lipinski definition) is 5. The second-order valence-electron chi connectivity index (χ2n) is 2.65. The maximum absolute atomic E-state index is 10.9. The zero-order valence-corrected chi connectivity index (χ0v) is 8.89. The van der Waals surface area contributed by atoms with E-state index in [-0.39, 0.29) is 13.2 Å². The fourth-order valence-corrected chi connectivity index (χ4v) is 1.25. The van der Waals surface area contributed by atoms with Gasteiger partial charge in [0.15, 0.2) is 9.84 Å². The quantitative estimate of drug-likeness (QED) is 0.586. The van der Waals surface area contributed by atoms with Gasteiger partial charge in [0.1, 0.15) is 12.3 Å². The van der Waals surface area contributed by atoms with Crippen LogP contribution >= 0.6 is 0 Å². The van der Waals surface area contributed by atoms with Gasteiger partial charge >= 0.3 is 5.97 Å². The smallest absolute Gasteiger partial charge is 0.325 e. The maximum atomic E-state index is 10.9. The fourth-order valence-electron chi connectivity index (χ4n) is 0.672. The first-order valence-electron chi connectivity index (χ1n) is 3.95. The molecule has 0 saturated heterocycles. The van der Waals surface area contributed by atoms with Crippen molar-refractivity contribution in [2.45, 2.75) is 6.92 Å². The van der Waals surface area contributed by atoms with E-state index in [0.29, 0.717) is 0 Å². The Balaban J connectivity index is 3.81. The Morgan fingerprint density at radius 2 is 1.93 bits per heavy atom. The van der Waals surface area contributed by atoms with Gasteiger partial charge in [0.25, 0.3) is 0 Å². The summed E-state index contributed by atoms with van der Waals surface area (Å²) < 4.78 is 25.8. The third kappa shape index (κ3) is 7.53. The molecule has 0 spiro atoms. The van der Waals surface area contributed by atoms with Crippen molar-refractivity contribution in [1.29, 1.82) is 0 Å². The Bertz CT molecular complexity index is 308. The van der Waals surface area contributed by atoms with Crippen molar-refractivity contribution in [1.82, 2.24) is 5.32 Å². The van der Waals surface area contributed by atoms with Gasteiger partial charge in [0.2, 0.25) is 5.91 Å². The molecule has 14 heavy (non-hydrogen) atoms. The van der Waals surface area contributed by atoms with Gasteiger partial charge in [-0.25, -0.2) is 8.42 Å². The number of sulfone groups is 1. The summed E-state index contributed by atoms with van der Waals surface area (Å²) in [5.74, 6) is -1.92. The molecule has 0 aromatic rings. The normalized spacial score (nSPS) is 10.7. The molecule has 0 rings (SSSR count). The predicted molar refractivity (Wildman–Crippen MR) is 49.4 cm³/mol. The lowest BCUT2D eigenvalue weighted by Gasteiger charge is -2.03. The van der Waals surface area contributed by atoms with Gasteiger partial charge in [-0.05, 0) is 6.92 Å². The molecule has 7 heteroatoms. The summed E-state index contributed by atoms with van der Waals surface area (Å²) in [6, 6.07) is 0. The third-order valence-electron chi connectivity index (χ3n) is 1.13. The number of nitrogens with one attached hydrogen (secondary N) is 1. The second kappa shape index (κ2) is 5.58. The summed E-state index contributed by atoms with van der Waals surface area (Å²) in [6.07, 6.45) is 0.941. The van der Waals surface area contributed by atoms with Gasteiger partial charge in [-0.3, -0.25) is 9.59 Å². The van der Waals surface area contributed by atoms with Crippen LogP contribution in [0.15, 0.2) is 0 Å². The van der Waals surface area contributed by atoms with Crippen LogP contribution in [0.3, 0.4) is 0 Å². The summed E-state index contributed by atoms with van der Waals surface area (Å²) in [5, 5.41) is 2.13. The lowest BCUT2D eigenvalue weighted by atomic mass is 10.6. The number of amides is 1. The molecule has 82 valence electrons. The molecule has 0 aromatic heterocycles. The summed E-state index contributed by atoms with van der Waals surface area (Å²) in [6.45, 7) is 1.55. The van der Waals surface area contributed by atoms with E-state index in [2.05, 4.69) is 10.1 Å². The molecule has 1 N–H and O–H groups in total. The minimum Gasteiger partial charge on any atom is -0.465 e. The van der Waals surface area contributed by atoms with Gasteiger partial charge in [0, 0.05) is 6.26 Å². The number of carbonyl (C=O) groups excluding carboxylic acids is 2. The minimum absolute atomic E-state index is 0.223. The van der Waals surface area contributed by atoms with Crippen molar-refractivity contribution in [3.63, 3.8) is 0 Å². The molecule has 0 aliphatic rings. The molecule has 1 amide bonds. The molecule has 0 aromatic carbocycles. The summed E-state index contributed by atoms with van der Waals surface area (Å²) in [7, 11) is -3.35. The van der Waals surface area contributed by atoms with E-state index < -0.39 is 27.5 Å². The first-order valence-corrected chi connectivity index (χ1v) is 6.01. The Morgan fingerprint density at radius 1 is 1.36 bits per heavy atom. The highest BCUT2D eigenvalue weighted by Gasteiger charge is 2.11. The first-order chi connectivity index (χ1) is 6.35. The Morgan fingerprint density at radius 3 is 2.36 bits per heavy atom. The zero-order valence-electron chi connectivity index (χ0n) is 8.07. The summed E-state index contributed by atoms with van der Waals surface area (Å²) in [5.41, 5.74) is 0. The number of esters is 1. The molecule has 0 bridgehead atoms. The first kappa shape index (κ1) is 12.9. The van der Waals surface area contributed by atoms with Crippen LogP contribution in [0.25, 0.3) is 0 Å². The summed E-state index contributed by atoms with van der Waals surface area (Å²) in [4.78, 5) is 21.6. The molecular weight excluding hydrogens is 210 g/mol. The van der Waals surface area contributed by atoms with Gasteiger partial charge in [-0.1, -0.05) is 0 Å². The van der Waals surface area contributed by atoms with Crippen LogP contribution in [0.4, 0.5) is 0 Å². The van der Waals surface area contributed by atoms with Crippen LogP contribution in [0.5, 0.6) is 0 Å². The highest BCUT2D eigenvalue weighted by atomic mass is 32.2. The highest BCUT2D eigenvalue weighted by molar-refractivity contribution is 7.91. The fraction of sp³-hybridized carbons (Fsp3) is 0.714. The van der Waals surface area contributed by atoms with Crippen molar-refractivity contribution in [3.05, 3.63) is 0 Å². The van der Waals surface area contributed by atoms with Gasteiger partial charge in [0.05, 0.1) is 6.61 Å². The molecule has 0 atom stereocenters. The number of ether oxygens (including phenoxy) is 1. The Kier molecular flexibility index (Phi) is 5.14. The zero-order chi connectivity index (χ0) is 11.2. The van der Waals surface area contributed by atoms with Crippen LogP contribution in [-0.4, -0.2) is 45.5 Å². The Hall–Kier alpha value is -1.11. The van der Waals surface area contributed by atoms with Gasteiger partial charge in [-0.2, -0.15) is 0 Å². The molecule has 0 saturated carbocycles.